The van der Waals surface area contributed by atoms with Gasteiger partial charge in [-0.2, -0.15) is 0 Å². The van der Waals surface area contributed by atoms with Gasteiger partial charge in [0.05, 0.1) is 6.04 Å². The van der Waals surface area contributed by atoms with E-state index in [1.165, 1.54) is 9.13 Å². The van der Waals surface area contributed by atoms with Crippen molar-refractivity contribution < 1.29 is 4.42 Å². The Labute approximate surface area is 125 Å². The van der Waals surface area contributed by atoms with Gasteiger partial charge in [0.25, 0.3) is 0 Å². The van der Waals surface area contributed by atoms with E-state index in [1.54, 1.807) is 0 Å². The fraction of sp³-hybridized carbons (Fsp3) is 0.125. The van der Waals surface area contributed by atoms with E-state index in [1.807, 2.05) is 30.3 Å². The van der Waals surface area contributed by atoms with Crippen LogP contribution in [0.15, 0.2) is 52.9 Å². The Kier molecular flexibility index (Phi) is 3.33. The van der Waals surface area contributed by atoms with Gasteiger partial charge >= 0.3 is 0 Å². The Hall–Kier alpha value is -1.33. The first kappa shape index (κ1) is 12.7. The summed E-state index contributed by atoms with van der Waals surface area (Å²) in [6.07, 6.45) is 0. The van der Waals surface area contributed by atoms with E-state index >= 15 is 0 Å². The van der Waals surface area contributed by atoms with Crippen molar-refractivity contribution in [3.63, 3.8) is 0 Å². The third-order valence-corrected chi connectivity index (χ3v) is 3.88. The average Bonchev–Trinajstić information content (AvgIpc) is 2.80. The minimum absolute atomic E-state index is 0.220. The van der Waals surface area contributed by atoms with Gasteiger partial charge in [-0.1, -0.05) is 23.8 Å². The zero-order valence-corrected chi connectivity index (χ0v) is 12.7. The lowest BCUT2D eigenvalue weighted by atomic mass is 10.1. The highest BCUT2D eigenvalue weighted by atomic mass is 127. The van der Waals surface area contributed by atoms with E-state index in [2.05, 4.69) is 47.7 Å². The van der Waals surface area contributed by atoms with E-state index in [0.717, 1.165) is 22.3 Å². The van der Waals surface area contributed by atoms with Gasteiger partial charge in [-0.05, 0) is 65.4 Å². The maximum Gasteiger partial charge on any atom is 0.134 e. The number of rotatable bonds is 2. The third-order valence-electron chi connectivity index (χ3n) is 3.21. The molecule has 1 unspecified atom stereocenters. The van der Waals surface area contributed by atoms with Crippen molar-refractivity contribution in [1.82, 2.24) is 0 Å². The summed E-state index contributed by atoms with van der Waals surface area (Å²) in [6, 6.07) is 16.2. The molecule has 0 radical (unpaired) electrons. The fourth-order valence-corrected chi connectivity index (χ4v) is 2.77. The topological polar surface area (TPSA) is 39.2 Å². The molecule has 1 atom stereocenters. The summed E-state index contributed by atoms with van der Waals surface area (Å²) < 4.78 is 7.03. The van der Waals surface area contributed by atoms with Gasteiger partial charge < -0.3 is 10.2 Å². The molecule has 0 saturated carbocycles. The number of fused-ring (bicyclic) bond motifs is 1. The van der Waals surface area contributed by atoms with Crippen LogP contribution in [-0.2, 0) is 0 Å². The first-order chi connectivity index (χ1) is 9.13. The van der Waals surface area contributed by atoms with Gasteiger partial charge in [0, 0.05) is 8.96 Å². The molecule has 19 heavy (non-hydrogen) atoms. The summed E-state index contributed by atoms with van der Waals surface area (Å²) in [7, 11) is 0. The van der Waals surface area contributed by atoms with Gasteiger partial charge in [-0.25, -0.2) is 0 Å². The zero-order valence-electron chi connectivity index (χ0n) is 10.6. The summed E-state index contributed by atoms with van der Waals surface area (Å²) >= 11 is 2.29. The van der Waals surface area contributed by atoms with E-state index in [0.29, 0.717) is 0 Å². The largest absolute Gasteiger partial charge is 0.459 e. The third kappa shape index (κ3) is 2.53. The summed E-state index contributed by atoms with van der Waals surface area (Å²) in [5.74, 6) is 0.808. The molecule has 0 saturated heterocycles. The maximum absolute atomic E-state index is 6.29. The fourth-order valence-electron chi connectivity index (χ4n) is 2.20. The van der Waals surface area contributed by atoms with Crippen LogP contribution < -0.4 is 5.73 Å². The minimum Gasteiger partial charge on any atom is -0.459 e. The van der Waals surface area contributed by atoms with Crippen molar-refractivity contribution in [3.05, 3.63) is 69.0 Å². The van der Waals surface area contributed by atoms with E-state index in [9.17, 15) is 0 Å². The van der Waals surface area contributed by atoms with Crippen LogP contribution >= 0.6 is 22.6 Å². The second-order valence-electron chi connectivity index (χ2n) is 4.72. The number of aryl methyl sites for hydroxylation is 1. The van der Waals surface area contributed by atoms with Gasteiger partial charge in [0.15, 0.2) is 0 Å². The highest BCUT2D eigenvalue weighted by Gasteiger charge is 2.14. The number of furan rings is 1. The second kappa shape index (κ2) is 4.98. The molecular weight excluding hydrogens is 349 g/mol. The minimum atomic E-state index is -0.220. The highest BCUT2D eigenvalue weighted by molar-refractivity contribution is 14.1. The first-order valence-electron chi connectivity index (χ1n) is 6.14. The lowest BCUT2D eigenvalue weighted by molar-refractivity contribution is 0.525. The molecule has 3 aromatic rings. The number of nitrogens with two attached hydrogens (primary N) is 1. The second-order valence-corrected chi connectivity index (χ2v) is 5.97. The lowest BCUT2D eigenvalue weighted by Gasteiger charge is -2.09. The Morgan fingerprint density at radius 1 is 1.11 bits per heavy atom. The molecule has 1 heterocycles. The lowest BCUT2D eigenvalue weighted by Crippen LogP contribution is -2.10. The molecule has 0 spiro atoms. The van der Waals surface area contributed by atoms with Crippen LogP contribution in [0.5, 0.6) is 0 Å². The van der Waals surface area contributed by atoms with Crippen LogP contribution in [0.3, 0.4) is 0 Å². The molecule has 2 N–H and O–H groups in total. The van der Waals surface area contributed by atoms with Crippen molar-refractivity contribution >= 4 is 33.6 Å². The molecule has 0 bridgehead atoms. The smallest absolute Gasteiger partial charge is 0.134 e. The Morgan fingerprint density at radius 2 is 1.95 bits per heavy atom. The van der Waals surface area contributed by atoms with Gasteiger partial charge in [0.2, 0.25) is 0 Å². The van der Waals surface area contributed by atoms with Crippen LogP contribution in [0.1, 0.15) is 22.9 Å². The molecule has 96 valence electrons. The Bertz CT molecular complexity index is 732. The number of hydrogen-bond donors (Lipinski definition) is 1. The predicted molar refractivity (Wildman–Crippen MR) is 86.1 cm³/mol. The van der Waals surface area contributed by atoms with Crippen molar-refractivity contribution in [3.8, 4) is 0 Å². The Morgan fingerprint density at radius 3 is 2.74 bits per heavy atom. The number of halogens is 1. The quantitative estimate of drug-likeness (QED) is 0.686. The van der Waals surface area contributed by atoms with E-state index in [-0.39, 0.29) is 6.04 Å². The molecule has 2 nitrogen and oxygen atoms in total. The highest BCUT2D eigenvalue weighted by Crippen LogP contribution is 2.27. The summed E-state index contributed by atoms with van der Waals surface area (Å²) in [4.78, 5) is 0. The molecule has 2 aromatic carbocycles. The number of benzene rings is 2. The predicted octanol–water partition coefficient (Wildman–Crippen LogP) is 4.39. The molecule has 1 aromatic heterocycles. The van der Waals surface area contributed by atoms with Gasteiger partial charge in [0.1, 0.15) is 11.3 Å². The summed E-state index contributed by atoms with van der Waals surface area (Å²) in [6.45, 7) is 2.07. The molecule has 3 heteroatoms. The summed E-state index contributed by atoms with van der Waals surface area (Å²) in [5.41, 5.74) is 9.48. The van der Waals surface area contributed by atoms with Crippen LogP contribution in [0, 0.1) is 10.5 Å². The molecule has 0 aliphatic heterocycles. The molecule has 3 rings (SSSR count). The summed E-state index contributed by atoms with van der Waals surface area (Å²) in [5, 5.41) is 1.11. The van der Waals surface area contributed by atoms with Crippen molar-refractivity contribution in [2.45, 2.75) is 13.0 Å². The van der Waals surface area contributed by atoms with E-state index in [4.69, 9.17) is 10.2 Å². The molecule has 0 amide bonds. The SMILES string of the molecule is Cc1ccc2oc(C(N)c3cccc(I)c3)cc2c1. The average molecular weight is 363 g/mol. The van der Waals surface area contributed by atoms with Gasteiger partial charge in [-0.15, -0.1) is 0 Å². The van der Waals surface area contributed by atoms with Crippen LogP contribution in [0.4, 0.5) is 0 Å². The van der Waals surface area contributed by atoms with Crippen molar-refractivity contribution in [2.24, 2.45) is 5.73 Å². The molecule has 0 aliphatic rings. The monoisotopic (exact) mass is 363 g/mol. The van der Waals surface area contributed by atoms with E-state index < -0.39 is 0 Å². The molecule has 0 aliphatic carbocycles. The van der Waals surface area contributed by atoms with Crippen molar-refractivity contribution in [2.75, 3.05) is 0 Å². The van der Waals surface area contributed by atoms with Crippen LogP contribution in [0.2, 0.25) is 0 Å². The molecular formula is C16H14INO. The number of hydrogen-bond acceptors (Lipinski definition) is 2. The van der Waals surface area contributed by atoms with Gasteiger partial charge in [-0.3, -0.25) is 0 Å². The molecule has 0 fully saturated rings. The first-order valence-corrected chi connectivity index (χ1v) is 7.22. The van der Waals surface area contributed by atoms with Crippen molar-refractivity contribution in [1.29, 1.82) is 0 Å². The maximum atomic E-state index is 6.29. The van der Waals surface area contributed by atoms with Crippen LogP contribution in [0.25, 0.3) is 11.0 Å². The Balaban J connectivity index is 2.04. The zero-order chi connectivity index (χ0) is 13.4. The normalized spacial score (nSPS) is 12.8. The standard InChI is InChI=1S/C16H14INO/c1-10-5-6-14-12(7-10)9-15(19-14)16(18)11-3-2-4-13(17)8-11/h2-9,16H,18H2,1H3. The van der Waals surface area contributed by atoms with Crippen LogP contribution in [-0.4, -0.2) is 0 Å².